The summed E-state index contributed by atoms with van der Waals surface area (Å²) in [6.07, 6.45) is 5.59. The van der Waals surface area contributed by atoms with Gasteiger partial charge in [-0.15, -0.1) is 4.43 Å². The number of piperidine rings is 1. The molecule has 1 amide bonds. The summed E-state index contributed by atoms with van der Waals surface area (Å²) in [5.41, 5.74) is 0. The van der Waals surface area contributed by atoms with Crippen LogP contribution in [0, 0.1) is 5.92 Å². The molecule has 5 nitrogen and oxygen atoms in total. The van der Waals surface area contributed by atoms with E-state index in [1.807, 2.05) is 17.2 Å². The third-order valence-electron chi connectivity index (χ3n) is 4.97. The molecule has 0 N–H and O–H groups in total. The van der Waals surface area contributed by atoms with Crippen molar-refractivity contribution in [2.45, 2.75) is 18.9 Å². The molecule has 2 aromatic rings. The molecule has 0 bridgehead atoms. The molecular formula is C18H19AlIN3O2. The molecule has 0 atom stereocenters. The Kier molecular flexibility index (Phi) is 5.18. The van der Waals surface area contributed by atoms with Gasteiger partial charge in [-0.3, -0.25) is 9.78 Å². The van der Waals surface area contributed by atoms with Gasteiger partial charge in [-0.2, -0.15) is 0 Å². The van der Waals surface area contributed by atoms with Crippen LogP contribution in [0.2, 0.25) is 0 Å². The fourth-order valence-electron chi connectivity index (χ4n) is 3.50. The second-order valence-corrected chi connectivity index (χ2v) is 8.81. The molecule has 3 heterocycles. The van der Waals surface area contributed by atoms with Gasteiger partial charge in [0.15, 0.2) is 16.3 Å². The lowest BCUT2D eigenvalue weighted by Gasteiger charge is -2.39. The largest absolute Gasteiger partial charge is 0.490 e. The minimum absolute atomic E-state index is 0.154. The quantitative estimate of drug-likeness (QED) is 0.395. The lowest BCUT2D eigenvalue weighted by Crippen LogP contribution is -2.52. The minimum Gasteiger partial charge on any atom is -0.490 e. The van der Waals surface area contributed by atoms with Gasteiger partial charge in [0.05, 0.1) is 5.92 Å². The third kappa shape index (κ3) is 3.80. The van der Waals surface area contributed by atoms with Crippen molar-refractivity contribution in [2.75, 3.05) is 26.2 Å². The number of hydrogen-bond donors (Lipinski definition) is 0. The fourth-order valence-corrected chi connectivity index (χ4v) is 4.78. The first-order valence-electron chi connectivity index (χ1n) is 8.59. The average molecular weight is 463 g/mol. The number of likely N-dealkylation sites (tertiary alicyclic amines) is 1. The number of pyridine rings is 1. The Bertz CT molecular complexity index is 789. The van der Waals surface area contributed by atoms with Gasteiger partial charge in [0.1, 0.15) is 11.9 Å². The molecular weight excluding hydrogens is 444 g/mol. The van der Waals surface area contributed by atoms with Gasteiger partial charge < -0.3 is 9.64 Å². The molecule has 1 aromatic heterocycles. The van der Waals surface area contributed by atoms with E-state index in [-0.39, 0.29) is 12.0 Å². The van der Waals surface area contributed by atoms with Gasteiger partial charge in [-0.1, -0.05) is 6.07 Å². The number of ether oxygens (including phenoxy) is 1. The van der Waals surface area contributed by atoms with Gasteiger partial charge >= 0.3 is 0 Å². The number of aromatic nitrogens is 1. The number of rotatable bonds is 3. The van der Waals surface area contributed by atoms with Crippen molar-refractivity contribution in [3.05, 3.63) is 30.6 Å². The van der Waals surface area contributed by atoms with E-state index in [1.165, 1.54) is 0 Å². The summed E-state index contributed by atoms with van der Waals surface area (Å²) in [6, 6.07) is 6.17. The molecule has 2 aliphatic rings. The summed E-state index contributed by atoms with van der Waals surface area (Å²) in [5, 5.41) is 2.18. The highest BCUT2D eigenvalue weighted by atomic mass is 127. The van der Waals surface area contributed by atoms with E-state index in [4.69, 9.17) is 4.74 Å². The standard InChI is InChI=1S/C18H19IN3O2.Al/c19-22-11-14(12-22)18(23)21-8-5-15(6-9-21)24-17-3-1-2-13-4-7-20-10-16(13)17;/h2-4,7,10,14-15H,5-6,8-9,11-12H2;. The predicted octanol–water partition coefficient (Wildman–Crippen LogP) is 1.68. The van der Waals surface area contributed by atoms with Crippen LogP contribution in [0.1, 0.15) is 12.8 Å². The van der Waals surface area contributed by atoms with Crippen LogP contribution in [0.25, 0.3) is 10.8 Å². The lowest BCUT2D eigenvalue weighted by atomic mass is 9.99. The number of nitrogens with zero attached hydrogens (tertiary/aromatic N) is 3. The number of halogens is 1. The van der Waals surface area contributed by atoms with E-state index in [2.05, 4.69) is 59.4 Å². The second kappa shape index (κ2) is 7.39. The van der Waals surface area contributed by atoms with Gasteiger partial charge in [0.2, 0.25) is 5.91 Å². The highest BCUT2D eigenvalue weighted by Crippen LogP contribution is 2.28. The number of hydrogen-bond acceptors (Lipinski definition) is 4. The molecule has 2 radical (unpaired) electrons. The second-order valence-electron chi connectivity index (χ2n) is 6.78. The molecule has 0 unspecified atom stereocenters. The topological polar surface area (TPSA) is 45.7 Å². The van der Waals surface area contributed by atoms with Gasteiger partial charge in [0, 0.05) is 79.7 Å². The van der Waals surface area contributed by atoms with Crippen molar-refractivity contribution >= 4 is 60.3 Å². The molecule has 2 aliphatic heterocycles. The van der Waals surface area contributed by atoms with E-state index < -0.39 is 0 Å². The Hall–Kier alpha value is -0.878. The summed E-state index contributed by atoms with van der Waals surface area (Å²) in [7, 11) is 0. The average Bonchev–Trinajstić information content (AvgIpc) is 2.59. The predicted molar refractivity (Wildman–Crippen MR) is 106 cm³/mol. The van der Waals surface area contributed by atoms with Crippen LogP contribution in [-0.2, 0) is 4.79 Å². The lowest BCUT2D eigenvalue weighted by molar-refractivity contribution is -0.140. The van der Waals surface area contributed by atoms with Gasteiger partial charge in [-0.25, -0.2) is 3.11 Å². The van der Waals surface area contributed by atoms with Crippen LogP contribution in [0.15, 0.2) is 30.6 Å². The van der Waals surface area contributed by atoms with Crippen LogP contribution >= 0.6 is 22.9 Å². The maximum Gasteiger partial charge on any atom is 0.228 e. The highest BCUT2D eigenvalue weighted by molar-refractivity contribution is 14.1. The van der Waals surface area contributed by atoms with Crippen LogP contribution in [-0.4, -0.2) is 67.5 Å². The maximum absolute atomic E-state index is 12.5. The highest BCUT2D eigenvalue weighted by Gasteiger charge is 2.35. The summed E-state index contributed by atoms with van der Waals surface area (Å²) >= 11 is 5.01. The smallest absolute Gasteiger partial charge is 0.228 e. The zero-order valence-electron chi connectivity index (χ0n) is 13.9. The van der Waals surface area contributed by atoms with Crippen molar-refractivity contribution in [1.29, 1.82) is 0 Å². The Morgan fingerprint density at radius 2 is 2.04 bits per heavy atom. The van der Waals surface area contributed by atoms with E-state index >= 15 is 0 Å². The molecule has 1 aromatic carbocycles. The summed E-state index contributed by atoms with van der Waals surface area (Å²) < 4.78 is 9.56. The van der Waals surface area contributed by atoms with E-state index in [1.54, 1.807) is 6.20 Å². The zero-order chi connectivity index (χ0) is 17.4. The van der Waals surface area contributed by atoms with Crippen LogP contribution in [0.5, 0.6) is 5.75 Å². The van der Waals surface area contributed by atoms with Gasteiger partial charge in [-0.05, 0) is 17.5 Å². The van der Waals surface area contributed by atoms with E-state index in [0.717, 1.165) is 60.0 Å². The number of carbonyl (C=O) groups excluding carboxylic acids is 1. The molecule has 128 valence electrons. The number of amides is 1. The monoisotopic (exact) mass is 463 g/mol. The van der Waals surface area contributed by atoms with Crippen molar-refractivity contribution in [2.24, 2.45) is 5.92 Å². The third-order valence-corrected chi connectivity index (χ3v) is 6.09. The summed E-state index contributed by atoms with van der Waals surface area (Å²) in [4.78, 5) is 18.7. The van der Waals surface area contributed by atoms with Crippen molar-refractivity contribution < 1.29 is 9.53 Å². The molecule has 2 saturated heterocycles. The van der Waals surface area contributed by atoms with Crippen molar-refractivity contribution in [1.82, 2.24) is 13.0 Å². The maximum atomic E-state index is 12.5. The SMILES string of the molecule is O=C(C1CN(I)C1)N1CCC(Oc2c[c]([Al])cc3ccncc23)CC1. The molecule has 2 fully saturated rings. The Labute approximate surface area is 169 Å². The molecule has 0 aliphatic carbocycles. The van der Waals surface area contributed by atoms with E-state index in [0.29, 0.717) is 5.91 Å². The Balaban J connectivity index is 1.40. The molecule has 4 rings (SSSR count). The van der Waals surface area contributed by atoms with Crippen molar-refractivity contribution in [3.63, 3.8) is 0 Å². The van der Waals surface area contributed by atoms with Crippen LogP contribution in [0.4, 0.5) is 0 Å². The normalized spacial score (nSPS) is 19.8. The zero-order valence-corrected chi connectivity index (χ0v) is 17.2. The molecule has 7 heteroatoms. The Morgan fingerprint density at radius 3 is 2.76 bits per heavy atom. The summed E-state index contributed by atoms with van der Waals surface area (Å²) in [5.74, 6) is 1.39. The Morgan fingerprint density at radius 1 is 1.28 bits per heavy atom. The first kappa shape index (κ1) is 17.5. The summed E-state index contributed by atoms with van der Waals surface area (Å²) in [6.45, 7) is 3.35. The van der Waals surface area contributed by atoms with E-state index in [9.17, 15) is 4.79 Å². The number of carbonyl (C=O) groups is 1. The fraction of sp³-hybridized carbons (Fsp3) is 0.444. The van der Waals surface area contributed by atoms with Crippen LogP contribution < -0.4 is 9.16 Å². The molecule has 0 spiro atoms. The minimum atomic E-state index is 0.154. The molecule has 0 saturated carbocycles. The van der Waals surface area contributed by atoms with Gasteiger partial charge in [0.25, 0.3) is 0 Å². The van der Waals surface area contributed by atoms with Crippen LogP contribution in [0.3, 0.4) is 0 Å². The molecule has 25 heavy (non-hydrogen) atoms. The number of benzene rings is 1. The van der Waals surface area contributed by atoms with Crippen molar-refractivity contribution in [3.8, 4) is 5.75 Å². The first-order chi connectivity index (χ1) is 12.1. The first-order valence-corrected chi connectivity index (χ1v) is 10.1. The number of fused-ring (bicyclic) bond motifs is 1.